The van der Waals surface area contributed by atoms with Gasteiger partial charge in [0.05, 0.1) is 11.4 Å². The minimum atomic E-state index is -0.320. The highest BCUT2D eigenvalue weighted by Crippen LogP contribution is 2.22. The number of hydrogen-bond acceptors (Lipinski definition) is 3. The predicted octanol–water partition coefficient (Wildman–Crippen LogP) is 3.00. The quantitative estimate of drug-likeness (QED) is 0.897. The van der Waals surface area contributed by atoms with Gasteiger partial charge >= 0.3 is 5.63 Å². The van der Waals surface area contributed by atoms with Crippen molar-refractivity contribution in [2.24, 2.45) is 4.99 Å². The summed E-state index contributed by atoms with van der Waals surface area (Å²) in [5, 5.41) is 2.74. The predicted molar refractivity (Wildman–Crippen MR) is 74.6 cm³/mol. The highest BCUT2D eigenvalue weighted by atomic mass is 16.5. The molecule has 1 N–H and O–H groups in total. The van der Waals surface area contributed by atoms with E-state index in [-0.39, 0.29) is 5.63 Å². The van der Waals surface area contributed by atoms with Crippen molar-refractivity contribution in [1.29, 1.82) is 0 Å². The molecule has 0 aliphatic carbocycles. The minimum Gasteiger partial charge on any atom is -0.338 e. The molecule has 4 heteroatoms. The van der Waals surface area contributed by atoms with E-state index in [0.717, 1.165) is 42.8 Å². The fourth-order valence-electron chi connectivity index (χ4n) is 2.45. The monoisotopic (exact) mass is 256 g/mol. The van der Waals surface area contributed by atoms with Crippen LogP contribution in [0.15, 0.2) is 44.6 Å². The fraction of sp³-hybridized carbons (Fsp3) is 0.333. The molecule has 0 saturated heterocycles. The maximum atomic E-state index is 11.9. The Morgan fingerprint density at radius 3 is 2.79 bits per heavy atom. The first-order chi connectivity index (χ1) is 9.36. The molecule has 1 aromatic heterocycles. The molecular formula is C15H16N2O2. The molecule has 0 spiro atoms. The van der Waals surface area contributed by atoms with E-state index in [0.29, 0.717) is 5.56 Å². The van der Waals surface area contributed by atoms with E-state index in [1.165, 1.54) is 6.42 Å². The molecule has 0 bridgehead atoms. The zero-order valence-corrected chi connectivity index (χ0v) is 10.7. The molecule has 1 aliphatic rings. The third kappa shape index (κ3) is 2.38. The number of rotatable bonds is 2. The lowest BCUT2D eigenvalue weighted by molar-refractivity contribution is 0.393. The van der Waals surface area contributed by atoms with Crippen molar-refractivity contribution in [3.8, 4) is 11.3 Å². The lowest BCUT2D eigenvalue weighted by Gasteiger charge is -2.03. The summed E-state index contributed by atoms with van der Waals surface area (Å²) in [6, 6.07) is 9.76. The summed E-state index contributed by atoms with van der Waals surface area (Å²) < 4.78 is 4.98. The Bertz CT molecular complexity index is 638. The summed E-state index contributed by atoms with van der Waals surface area (Å²) in [6.07, 6.45) is 4.20. The van der Waals surface area contributed by atoms with Gasteiger partial charge in [0.25, 0.3) is 0 Å². The van der Waals surface area contributed by atoms with Gasteiger partial charge in [0.2, 0.25) is 0 Å². The van der Waals surface area contributed by atoms with E-state index in [1.807, 2.05) is 30.3 Å². The molecule has 2 heterocycles. The number of hydrogen-bond donors (Lipinski definition) is 1. The summed E-state index contributed by atoms with van der Waals surface area (Å²) in [4.78, 5) is 16.5. The smallest absolute Gasteiger partial charge is 0.338 e. The summed E-state index contributed by atoms with van der Waals surface area (Å²) >= 11 is 0. The van der Waals surface area contributed by atoms with Crippen LogP contribution in [0.25, 0.3) is 11.3 Å². The van der Waals surface area contributed by atoms with Crippen molar-refractivity contribution in [2.75, 3.05) is 6.54 Å². The number of benzene rings is 1. The van der Waals surface area contributed by atoms with Crippen molar-refractivity contribution < 1.29 is 4.52 Å². The van der Waals surface area contributed by atoms with E-state index in [2.05, 4.69) is 10.1 Å². The number of aromatic amines is 1. The molecule has 1 aliphatic heterocycles. The van der Waals surface area contributed by atoms with Gasteiger partial charge < -0.3 is 4.52 Å². The molecule has 0 amide bonds. The Hall–Kier alpha value is -2.10. The number of H-pyrrole nitrogens is 1. The molecule has 4 nitrogen and oxygen atoms in total. The Morgan fingerprint density at radius 1 is 1.11 bits per heavy atom. The van der Waals surface area contributed by atoms with E-state index < -0.39 is 0 Å². The first-order valence-electron chi connectivity index (χ1n) is 6.67. The van der Waals surface area contributed by atoms with Crippen molar-refractivity contribution in [3.63, 3.8) is 0 Å². The summed E-state index contributed by atoms with van der Waals surface area (Å²) in [6.45, 7) is 0.800. The molecule has 0 unspecified atom stereocenters. The average molecular weight is 256 g/mol. The lowest BCUT2D eigenvalue weighted by Crippen LogP contribution is -2.12. The number of nitrogens with one attached hydrogen (secondary N) is 1. The zero-order chi connectivity index (χ0) is 13.1. The largest absolute Gasteiger partial charge is 0.366 e. The van der Waals surface area contributed by atoms with Crippen LogP contribution in [0.3, 0.4) is 0 Å². The van der Waals surface area contributed by atoms with Crippen LogP contribution in [0.2, 0.25) is 0 Å². The first kappa shape index (κ1) is 12.0. The van der Waals surface area contributed by atoms with Crippen LogP contribution in [-0.4, -0.2) is 17.4 Å². The van der Waals surface area contributed by atoms with E-state index in [1.54, 1.807) is 0 Å². The van der Waals surface area contributed by atoms with E-state index in [4.69, 9.17) is 4.52 Å². The van der Waals surface area contributed by atoms with Gasteiger partial charge in [-0.05, 0) is 19.3 Å². The topological polar surface area (TPSA) is 58.4 Å². The normalized spacial score (nSPS) is 15.9. The number of aliphatic imine (C=N–C) groups is 1. The van der Waals surface area contributed by atoms with Crippen LogP contribution >= 0.6 is 0 Å². The molecule has 19 heavy (non-hydrogen) atoms. The summed E-state index contributed by atoms with van der Waals surface area (Å²) in [5.74, 6) is 0. The zero-order valence-electron chi connectivity index (χ0n) is 10.7. The van der Waals surface area contributed by atoms with Gasteiger partial charge in [-0.1, -0.05) is 36.8 Å². The molecule has 98 valence electrons. The Kier molecular flexibility index (Phi) is 3.31. The Morgan fingerprint density at radius 2 is 1.95 bits per heavy atom. The molecular weight excluding hydrogens is 240 g/mol. The first-order valence-corrected chi connectivity index (χ1v) is 6.67. The van der Waals surface area contributed by atoms with Crippen LogP contribution in [-0.2, 0) is 0 Å². The standard InChI is InChI=1S/C15H16N2O2/c18-15-13(12-9-5-2-6-10-16-12)14(17-19-15)11-7-3-1-4-8-11/h1,3-4,7-8,17H,2,5-6,9-10H2. The van der Waals surface area contributed by atoms with Crippen LogP contribution in [0.1, 0.15) is 31.2 Å². The number of aromatic nitrogens is 1. The minimum absolute atomic E-state index is 0.320. The second-order valence-corrected chi connectivity index (χ2v) is 4.75. The molecule has 0 radical (unpaired) electrons. The van der Waals surface area contributed by atoms with Crippen molar-refractivity contribution >= 4 is 5.71 Å². The van der Waals surface area contributed by atoms with Crippen LogP contribution < -0.4 is 5.63 Å². The van der Waals surface area contributed by atoms with Crippen molar-refractivity contribution in [1.82, 2.24) is 5.16 Å². The van der Waals surface area contributed by atoms with E-state index >= 15 is 0 Å². The van der Waals surface area contributed by atoms with E-state index in [9.17, 15) is 4.79 Å². The lowest BCUT2D eigenvalue weighted by atomic mass is 10.0. The number of nitrogens with zero attached hydrogens (tertiary/aromatic N) is 1. The van der Waals surface area contributed by atoms with Crippen LogP contribution in [0.4, 0.5) is 0 Å². The van der Waals surface area contributed by atoms with Gasteiger partial charge in [0, 0.05) is 12.1 Å². The van der Waals surface area contributed by atoms with Gasteiger partial charge in [-0.2, -0.15) is 0 Å². The summed E-state index contributed by atoms with van der Waals surface area (Å²) in [7, 11) is 0. The van der Waals surface area contributed by atoms with Gasteiger partial charge in [0.1, 0.15) is 5.56 Å². The van der Waals surface area contributed by atoms with Crippen LogP contribution in [0, 0.1) is 0 Å². The third-order valence-corrected chi connectivity index (χ3v) is 3.43. The Labute approximate surface area is 111 Å². The second kappa shape index (κ2) is 5.26. The highest BCUT2D eigenvalue weighted by Gasteiger charge is 2.19. The van der Waals surface area contributed by atoms with Crippen LogP contribution in [0.5, 0.6) is 0 Å². The SMILES string of the molecule is O=c1o[nH]c(-c2ccccc2)c1C1=NCCCCC1. The molecule has 3 rings (SSSR count). The van der Waals surface area contributed by atoms with Gasteiger partial charge in [-0.25, -0.2) is 9.95 Å². The molecule has 0 atom stereocenters. The fourth-order valence-corrected chi connectivity index (χ4v) is 2.45. The van der Waals surface area contributed by atoms with Crippen molar-refractivity contribution in [2.45, 2.75) is 25.7 Å². The van der Waals surface area contributed by atoms with Gasteiger partial charge in [-0.3, -0.25) is 4.99 Å². The molecule has 1 aromatic carbocycles. The second-order valence-electron chi connectivity index (χ2n) is 4.75. The third-order valence-electron chi connectivity index (χ3n) is 3.43. The Balaban J connectivity index is 2.09. The molecule has 2 aromatic rings. The maximum absolute atomic E-state index is 11.9. The summed E-state index contributed by atoms with van der Waals surface area (Å²) in [5.41, 5.74) is 2.86. The van der Waals surface area contributed by atoms with Gasteiger partial charge in [-0.15, -0.1) is 0 Å². The molecule has 0 saturated carbocycles. The van der Waals surface area contributed by atoms with Crippen molar-refractivity contribution in [3.05, 3.63) is 46.3 Å². The average Bonchev–Trinajstić information content (AvgIpc) is 2.66. The maximum Gasteiger partial charge on any atom is 0.366 e. The molecule has 0 fully saturated rings. The highest BCUT2D eigenvalue weighted by molar-refractivity contribution is 6.04. The van der Waals surface area contributed by atoms with Gasteiger partial charge in [0.15, 0.2) is 0 Å².